The van der Waals surface area contributed by atoms with Crippen LogP contribution in [-0.2, 0) is 4.79 Å². The van der Waals surface area contributed by atoms with Crippen molar-refractivity contribution in [3.05, 3.63) is 60.2 Å². The van der Waals surface area contributed by atoms with Gasteiger partial charge in [-0.25, -0.2) is 0 Å². The summed E-state index contributed by atoms with van der Waals surface area (Å²) in [5.41, 5.74) is 0.517. The van der Waals surface area contributed by atoms with Gasteiger partial charge in [-0.2, -0.15) is 0 Å². The molecule has 0 saturated heterocycles. The number of hydrogen-bond acceptors (Lipinski definition) is 4. The Morgan fingerprint density at radius 1 is 1.04 bits per heavy atom. The lowest BCUT2D eigenvalue weighted by molar-refractivity contribution is -0.122. The van der Waals surface area contributed by atoms with E-state index < -0.39 is 6.04 Å². The van der Waals surface area contributed by atoms with Crippen LogP contribution in [0.5, 0.6) is 11.5 Å². The van der Waals surface area contributed by atoms with E-state index in [1.165, 1.54) is 0 Å². The lowest BCUT2D eigenvalue weighted by Crippen LogP contribution is -2.45. The van der Waals surface area contributed by atoms with Gasteiger partial charge in [0, 0.05) is 11.6 Å². The van der Waals surface area contributed by atoms with Crippen molar-refractivity contribution in [2.75, 3.05) is 20.3 Å². The third-order valence-corrected chi connectivity index (χ3v) is 3.49. The second kappa shape index (κ2) is 9.32. The summed E-state index contributed by atoms with van der Waals surface area (Å²) in [5, 5.41) is 5.39. The van der Waals surface area contributed by atoms with E-state index in [1.54, 1.807) is 44.4 Å². The van der Waals surface area contributed by atoms with Crippen LogP contribution in [0.2, 0.25) is 0 Å². The van der Waals surface area contributed by atoms with Gasteiger partial charge < -0.3 is 20.1 Å². The summed E-state index contributed by atoms with van der Waals surface area (Å²) >= 11 is 0. The van der Waals surface area contributed by atoms with Crippen molar-refractivity contribution in [2.45, 2.75) is 13.0 Å². The number of amides is 2. The predicted octanol–water partition coefficient (Wildman–Crippen LogP) is 2.01. The highest BCUT2D eigenvalue weighted by Gasteiger charge is 2.15. The monoisotopic (exact) mass is 342 g/mol. The van der Waals surface area contributed by atoms with Gasteiger partial charge in [-0.1, -0.05) is 24.3 Å². The zero-order valence-electron chi connectivity index (χ0n) is 14.3. The summed E-state index contributed by atoms with van der Waals surface area (Å²) in [4.78, 5) is 24.0. The van der Waals surface area contributed by atoms with Crippen LogP contribution in [0.15, 0.2) is 54.6 Å². The Bertz CT molecular complexity index is 704. The maximum atomic E-state index is 12.0. The molecular weight excluding hydrogens is 320 g/mol. The Hall–Kier alpha value is -3.02. The van der Waals surface area contributed by atoms with Crippen LogP contribution in [0.4, 0.5) is 0 Å². The second-order valence-electron chi connectivity index (χ2n) is 5.38. The number of rotatable bonds is 8. The Morgan fingerprint density at radius 2 is 1.76 bits per heavy atom. The van der Waals surface area contributed by atoms with Crippen LogP contribution >= 0.6 is 0 Å². The molecule has 0 aliphatic rings. The molecule has 0 bridgehead atoms. The molecule has 0 saturated carbocycles. The number of benzene rings is 2. The zero-order valence-corrected chi connectivity index (χ0v) is 14.3. The Morgan fingerprint density at radius 3 is 2.48 bits per heavy atom. The molecule has 6 nitrogen and oxygen atoms in total. The average molecular weight is 342 g/mol. The normalized spacial score (nSPS) is 11.3. The van der Waals surface area contributed by atoms with Gasteiger partial charge in [0.05, 0.1) is 13.7 Å². The lowest BCUT2D eigenvalue weighted by Gasteiger charge is -2.14. The number of ether oxygens (including phenoxy) is 2. The van der Waals surface area contributed by atoms with Crippen molar-refractivity contribution in [3.63, 3.8) is 0 Å². The first kappa shape index (κ1) is 18.3. The van der Waals surface area contributed by atoms with Gasteiger partial charge in [0.2, 0.25) is 5.91 Å². The fourth-order valence-electron chi connectivity index (χ4n) is 2.12. The molecule has 2 N–H and O–H groups in total. The molecule has 0 heterocycles. The number of carbonyl (C=O) groups excluding carboxylic acids is 2. The zero-order chi connectivity index (χ0) is 18.1. The van der Waals surface area contributed by atoms with E-state index in [0.717, 1.165) is 0 Å². The standard InChI is InChI=1S/C19H22N2O4/c1-14(21-19(23)15-7-4-3-5-8-15)18(22)20-11-12-25-17-10-6-9-16(13-17)24-2/h3-10,13-14H,11-12H2,1-2H3,(H,20,22)(H,21,23). The lowest BCUT2D eigenvalue weighted by atomic mass is 10.2. The minimum absolute atomic E-state index is 0.265. The van der Waals surface area contributed by atoms with E-state index in [1.807, 2.05) is 24.3 Å². The highest BCUT2D eigenvalue weighted by Crippen LogP contribution is 2.18. The molecule has 0 fully saturated rings. The summed E-state index contributed by atoms with van der Waals surface area (Å²) < 4.78 is 10.7. The van der Waals surface area contributed by atoms with E-state index in [4.69, 9.17) is 9.47 Å². The Kier molecular flexibility index (Phi) is 6.83. The molecule has 0 aliphatic heterocycles. The van der Waals surface area contributed by atoms with Gasteiger partial charge in [-0.05, 0) is 31.2 Å². The third kappa shape index (κ3) is 5.84. The van der Waals surface area contributed by atoms with Crippen molar-refractivity contribution >= 4 is 11.8 Å². The molecular formula is C19H22N2O4. The smallest absolute Gasteiger partial charge is 0.251 e. The van der Waals surface area contributed by atoms with E-state index >= 15 is 0 Å². The van der Waals surface area contributed by atoms with Crippen LogP contribution in [0.25, 0.3) is 0 Å². The molecule has 2 amide bonds. The molecule has 2 rings (SSSR count). The highest BCUT2D eigenvalue weighted by atomic mass is 16.5. The molecule has 0 aromatic heterocycles. The Balaban J connectivity index is 1.71. The number of hydrogen-bond donors (Lipinski definition) is 2. The van der Waals surface area contributed by atoms with Crippen molar-refractivity contribution in [1.29, 1.82) is 0 Å². The third-order valence-electron chi connectivity index (χ3n) is 3.49. The number of carbonyl (C=O) groups is 2. The van der Waals surface area contributed by atoms with Crippen molar-refractivity contribution in [2.24, 2.45) is 0 Å². The molecule has 0 aliphatic carbocycles. The van der Waals surface area contributed by atoms with Gasteiger partial charge >= 0.3 is 0 Å². The number of methoxy groups -OCH3 is 1. The van der Waals surface area contributed by atoms with Gasteiger partial charge in [-0.15, -0.1) is 0 Å². The summed E-state index contributed by atoms with van der Waals surface area (Å²) in [5.74, 6) is 0.826. The average Bonchev–Trinajstić information content (AvgIpc) is 2.65. The predicted molar refractivity (Wildman–Crippen MR) is 94.9 cm³/mol. The van der Waals surface area contributed by atoms with Gasteiger partial charge in [0.25, 0.3) is 5.91 Å². The first-order chi connectivity index (χ1) is 12.1. The fraction of sp³-hybridized carbons (Fsp3) is 0.263. The summed E-state index contributed by atoms with van der Waals surface area (Å²) in [7, 11) is 1.59. The first-order valence-electron chi connectivity index (χ1n) is 8.00. The topological polar surface area (TPSA) is 76.7 Å². The van der Waals surface area contributed by atoms with Crippen LogP contribution in [0.1, 0.15) is 17.3 Å². The molecule has 132 valence electrons. The van der Waals surface area contributed by atoms with Gasteiger partial charge in [-0.3, -0.25) is 9.59 Å². The van der Waals surface area contributed by atoms with Gasteiger partial charge in [0.15, 0.2) is 0 Å². The maximum Gasteiger partial charge on any atom is 0.251 e. The molecule has 0 radical (unpaired) electrons. The van der Waals surface area contributed by atoms with Crippen LogP contribution in [0, 0.1) is 0 Å². The van der Waals surface area contributed by atoms with E-state index in [-0.39, 0.29) is 11.8 Å². The Labute approximate surface area is 147 Å². The summed E-state index contributed by atoms with van der Waals surface area (Å²) in [6.07, 6.45) is 0. The van der Waals surface area contributed by atoms with E-state index in [2.05, 4.69) is 10.6 Å². The van der Waals surface area contributed by atoms with Crippen molar-refractivity contribution in [1.82, 2.24) is 10.6 Å². The number of nitrogens with one attached hydrogen (secondary N) is 2. The quantitative estimate of drug-likeness (QED) is 0.720. The van der Waals surface area contributed by atoms with Crippen LogP contribution < -0.4 is 20.1 Å². The largest absolute Gasteiger partial charge is 0.497 e. The highest BCUT2D eigenvalue weighted by molar-refractivity contribution is 5.97. The molecule has 2 aromatic carbocycles. The molecule has 0 spiro atoms. The maximum absolute atomic E-state index is 12.0. The minimum Gasteiger partial charge on any atom is -0.497 e. The molecule has 2 aromatic rings. The van der Waals surface area contributed by atoms with E-state index in [0.29, 0.717) is 30.2 Å². The molecule has 25 heavy (non-hydrogen) atoms. The van der Waals surface area contributed by atoms with Crippen LogP contribution in [0.3, 0.4) is 0 Å². The first-order valence-corrected chi connectivity index (χ1v) is 8.00. The van der Waals surface area contributed by atoms with E-state index in [9.17, 15) is 9.59 Å². The van der Waals surface area contributed by atoms with Crippen molar-refractivity contribution in [3.8, 4) is 11.5 Å². The van der Waals surface area contributed by atoms with Crippen LogP contribution in [-0.4, -0.2) is 38.1 Å². The fourth-order valence-corrected chi connectivity index (χ4v) is 2.12. The SMILES string of the molecule is COc1cccc(OCCNC(=O)C(C)NC(=O)c2ccccc2)c1. The minimum atomic E-state index is -0.635. The summed E-state index contributed by atoms with van der Waals surface area (Å²) in [6.45, 7) is 2.29. The summed E-state index contributed by atoms with van der Waals surface area (Å²) in [6, 6.07) is 15.4. The molecule has 6 heteroatoms. The van der Waals surface area contributed by atoms with Crippen molar-refractivity contribution < 1.29 is 19.1 Å². The molecule has 1 unspecified atom stereocenters. The molecule has 1 atom stereocenters. The van der Waals surface area contributed by atoms with Gasteiger partial charge in [0.1, 0.15) is 24.1 Å². The second-order valence-corrected chi connectivity index (χ2v) is 5.38.